The molecule has 0 saturated heterocycles. The summed E-state index contributed by atoms with van der Waals surface area (Å²) in [6, 6.07) is 6.19. The van der Waals surface area contributed by atoms with Crippen LogP contribution in [0.15, 0.2) is 30.3 Å². The lowest BCUT2D eigenvalue weighted by Gasteiger charge is -2.25. The first kappa shape index (κ1) is 36.0. The zero-order chi connectivity index (χ0) is 34.0. The molecule has 2 heterocycles. The van der Waals surface area contributed by atoms with E-state index in [1.165, 1.54) is 11.6 Å². The molecular weight excluding hydrogens is 609 g/mol. The molecule has 1 aromatic carbocycles. The van der Waals surface area contributed by atoms with E-state index in [-0.39, 0.29) is 44.2 Å². The number of fused-ring (bicyclic) bond motifs is 1. The minimum Gasteiger partial charge on any atom is -0.354 e. The first-order chi connectivity index (χ1) is 21.6. The van der Waals surface area contributed by atoms with Crippen molar-refractivity contribution in [3.05, 3.63) is 36.2 Å². The first-order valence-corrected chi connectivity index (χ1v) is 15.1. The number of halogens is 3. The summed E-state index contributed by atoms with van der Waals surface area (Å²) >= 11 is 0. The molecule has 16 heteroatoms. The van der Waals surface area contributed by atoms with Gasteiger partial charge in [0.25, 0.3) is 0 Å². The number of carbonyl (C=O) groups excluding carboxylic acids is 5. The fraction of sp³-hybridized carbons (Fsp3) is 0.567. The third kappa shape index (κ3) is 11.1. The number of nitrogens with zero attached hydrogens (tertiary/aromatic N) is 4. The normalized spacial score (nSPS) is 21.2. The SMILES string of the molecule is CC(C)C[C@H]1NC(=O)[C@@H](C)NC(=O)CN(C(=O)CCC(F)(F)F)CCCNC(=O)Cn2nc(-c3ccccc3)nc2[C@H](C)NC1=O. The Morgan fingerprint density at radius 3 is 2.30 bits per heavy atom. The van der Waals surface area contributed by atoms with E-state index < -0.39 is 73.2 Å². The third-order valence-corrected chi connectivity index (χ3v) is 7.12. The average Bonchev–Trinajstić information content (AvgIpc) is 3.40. The summed E-state index contributed by atoms with van der Waals surface area (Å²) in [7, 11) is 0. The molecule has 5 amide bonds. The van der Waals surface area contributed by atoms with Crippen LogP contribution in [-0.4, -0.2) is 87.1 Å². The Kier molecular flexibility index (Phi) is 12.7. The monoisotopic (exact) mass is 650 g/mol. The maximum atomic E-state index is 13.4. The van der Waals surface area contributed by atoms with Crippen LogP contribution in [-0.2, 0) is 30.5 Å². The Bertz CT molecular complexity index is 1380. The van der Waals surface area contributed by atoms with E-state index in [4.69, 9.17) is 0 Å². The summed E-state index contributed by atoms with van der Waals surface area (Å²) in [5.41, 5.74) is 0.687. The predicted molar refractivity (Wildman–Crippen MR) is 161 cm³/mol. The molecule has 0 radical (unpaired) electrons. The van der Waals surface area contributed by atoms with Crippen LogP contribution >= 0.6 is 0 Å². The number of nitrogens with one attached hydrogen (secondary N) is 4. The predicted octanol–water partition coefficient (Wildman–Crippen LogP) is 1.85. The van der Waals surface area contributed by atoms with Crippen molar-refractivity contribution in [3.8, 4) is 11.4 Å². The second-order valence-electron chi connectivity index (χ2n) is 11.7. The molecule has 1 aromatic heterocycles. The van der Waals surface area contributed by atoms with Crippen LogP contribution in [0.25, 0.3) is 11.4 Å². The van der Waals surface area contributed by atoms with Gasteiger partial charge in [0.05, 0.1) is 19.0 Å². The lowest BCUT2D eigenvalue weighted by molar-refractivity contribution is -0.150. The smallest absolute Gasteiger partial charge is 0.354 e. The number of benzene rings is 1. The van der Waals surface area contributed by atoms with Gasteiger partial charge in [-0.05, 0) is 32.6 Å². The highest BCUT2D eigenvalue weighted by Crippen LogP contribution is 2.22. The number of hydrogen-bond acceptors (Lipinski definition) is 7. The van der Waals surface area contributed by atoms with Gasteiger partial charge in [0.15, 0.2) is 5.82 Å². The van der Waals surface area contributed by atoms with Gasteiger partial charge in [-0.1, -0.05) is 44.2 Å². The van der Waals surface area contributed by atoms with Crippen molar-refractivity contribution in [2.75, 3.05) is 19.6 Å². The van der Waals surface area contributed by atoms with Crippen molar-refractivity contribution in [2.45, 2.75) is 84.2 Å². The third-order valence-electron chi connectivity index (χ3n) is 7.12. The van der Waals surface area contributed by atoms with Crippen molar-refractivity contribution in [1.82, 2.24) is 40.9 Å². The quantitative estimate of drug-likeness (QED) is 0.383. The highest BCUT2D eigenvalue weighted by molar-refractivity contribution is 5.93. The summed E-state index contributed by atoms with van der Waals surface area (Å²) in [6.07, 6.45) is -6.39. The molecule has 0 spiro atoms. The van der Waals surface area contributed by atoms with Crippen LogP contribution in [0, 0.1) is 5.92 Å². The number of aromatic nitrogens is 3. The van der Waals surface area contributed by atoms with Gasteiger partial charge >= 0.3 is 6.18 Å². The van der Waals surface area contributed by atoms with Gasteiger partial charge in [-0.25, -0.2) is 9.67 Å². The summed E-state index contributed by atoms with van der Waals surface area (Å²) in [5, 5.41) is 15.1. The zero-order valence-corrected chi connectivity index (χ0v) is 26.3. The molecule has 4 N–H and O–H groups in total. The summed E-state index contributed by atoms with van der Waals surface area (Å²) in [4.78, 5) is 70.4. The maximum Gasteiger partial charge on any atom is 0.389 e. The molecule has 3 atom stereocenters. The Balaban J connectivity index is 1.91. The molecule has 0 bridgehead atoms. The van der Waals surface area contributed by atoms with Crippen LogP contribution in [0.1, 0.15) is 65.2 Å². The van der Waals surface area contributed by atoms with Crippen LogP contribution < -0.4 is 21.3 Å². The van der Waals surface area contributed by atoms with Gasteiger partial charge in [0, 0.05) is 25.1 Å². The summed E-state index contributed by atoms with van der Waals surface area (Å²) in [5.74, 6) is -2.71. The van der Waals surface area contributed by atoms with Gasteiger partial charge in [0.2, 0.25) is 29.5 Å². The molecule has 1 aliphatic rings. The second-order valence-corrected chi connectivity index (χ2v) is 11.7. The summed E-state index contributed by atoms with van der Waals surface area (Å²) in [6.45, 7) is 5.86. The van der Waals surface area contributed by atoms with E-state index in [9.17, 15) is 37.1 Å². The van der Waals surface area contributed by atoms with Crippen molar-refractivity contribution < 1.29 is 37.1 Å². The van der Waals surface area contributed by atoms with Crippen molar-refractivity contribution in [1.29, 1.82) is 0 Å². The highest BCUT2D eigenvalue weighted by atomic mass is 19.4. The Labute approximate surface area is 265 Å². The highest BCUT2D eigenvalue weighted by Gasteiger charge is 2.31. The molecular formula is C30H41F3N8O5. The lowest BCUT2D eigenvalue weighted by atomic mass is 10.0. The number of carbonyl (C=O) groups is 5. The standard InChI is InChI=1S/C30H41F3N8O5/c1-18(2)15-22-29(46)36-19(3)27-38-26(21-9-6-5-7-10-21)39-41(27)17-23(42)34-13-8-14-40(25(44)11-12-30(31,32)33)16-24(43)35-20(4)28(45)37-22/h5-7,9-10,18-20,22H,8,11-17H2,1-4H3,(H,34,42)(H,35,43)(H,36,46)(H,37,45)/t19-,20+,22+/m0/s1. The Morgan fingerprint density at radius 2 is 1.65 bits per heavy atom. The van der Waals surface area contributed by atoms with Crippen LogP contribution in [0.2, 0.25) is 0 Å². The molecule has 252 valence electrons. The second kappa shape index (κ2) is 16.2. The fourth-order valence-corrected chi connectivity index (χ4v) is 4.79. The van der Waals surface area contributed by atoms with Gasteiger partial charge in [-0.3, -0.25) is 24.0 Å². The lowest BCUT2D eigenvalue weighted by Crippen LogP contribution is -2.54. The molecule has 13 nitrogen and oxygen atoms in total. The molecule has 0 unspecified atom stereocenters. The van der Waals surface area contributed by atoms with Gasteiger partial charge in [0.1, 0.15) is 24.5 Å². The molecule has 2 aromatic rings. The number of alkyl halides is 3. The van der Waals surface area contributed by atoms with Crippen LogP contribution in [0.4, 0.5) is 13.2 Å². The van der Waals surface area contributed by atoms with E-state index in [0.29, 0.717) is 11.4 Å². The number of hydrogen-bond donors (Lipinski definition) is 4. The average molecular weight is 651 g/mol. The van der Waals surface area contributed by atoms with Gasteiger partial charge in [-0.15, -0.1) is 0 Å². The molecule has 0 aliphatic carbocycles. The first-order valence-electron chi connectivity index (χ1n) is 15.1. The van der Waals surface area contributed by atoms with Crippen LogP contribution in [0.5, 0.6) is 0 Å². The zero-order valence-electron chi connectivity index (χ0n) is 26.3. The van der Waals surface area contributed by atoms with E-state index in [2.05, 4.69) is 31.3 Å². The largest absolute Gasteiger partial charge is 0.389 e. The number of rotatable bonds is 5. The minimum atomic E-state index is -4.56. The van der Waals surface area contributed by atoms with Crippen molar-refractivity contribution >= 4 is 29.5 Å². The van der Waals surface area contributed by atoms with E-state index in [1.54, 1.807) is 19.1 Å². The van der Waals surface area contributed by atoms with Crippen molar-refractivity contribution in [3.63, 3.8) is 0 Å². The Hall–Kier alpha value is -4.50. The minimum absolute atomic E-state index is 0.00818. The molecule has 0 fully saturated rings. The molecule has 0 saturated carbocycles. The van der Waals surface area contributed by atoms with Crippen LogP contribution in [0.3, 0.4) is 0 Å². The van der Waals surface area contributed by atoms with E-state index in [1.807, 2.05) is 32.0 Å². The Morgan fingerprint density at radius 1 is 0.957 bits per heavy atom. The van der Waals surface area contributed by atoms with Gasteiger partial charge < -0.3 is 26.2 Å². The van der Waals surface area contributed by atoms with E-state index >= 15 is 0 Å². The maximum absolute atomic E-state index is 13.4. The summed E-state index contributed by atoms with van der Waals surface area (Å²) < 4.78 is 39.7. The topological polar surface area (TPSA) is 167 Å². The fourth-order valence-electron chi connectivity index (χ4n) is 4.79. The number of amides is 5. The molecule has 1 aliphatic heterocycles. The van der Waals surface area contributed by atoms with Crippen molar-refractivity contribution in [2.24, 2.45) is 5.92 Å². The molecule has 3 rings (SSSR count). The molecule has 46 heavy (non-hydrogen) atoms. The van der Waals surface area contributed by atoms with Gasteiger partial charge in [-0.2, -0.15) is 18.3 Å². The van der Waals surface area contributed by atoms with E-state index in [0.717, 1.165) is 4.90 Å².